The maximum absolute atomic E-state index is 15.0. The summed E-state index contributed by atoms with van der Waals surface area (Å²) in [5.74, 6) is -6.81. The molecule has 0 aromatic heterocycles. The SMILES string of the molecule is CC[C@H](C)[C@@H]([C@@H](CC(=O)N1CCC[C@@H]1[C@H](OC)[C@@H](C)C(=O)N[C@H](C)[C@@H](O)c1ccccc1)OC)N(C)C(=O)[C@@H](NC(=O)[C@H](C(C)C)N(C)C(=O)[C@H](CCCNC(N)=O)NC(=O)[C@@H](NC(=O)CCN1CCN(C(=O)CCN2C(=O)C=CC2=O)CC1)C(C)C)C(C)C. The minimum absolute atomic E-state index is 0.000510. The Kier molecular flexibility index (Phi) is 30.3. The third kappa shape index (κ3) is 21.0. The Morgan fingerprint density at radius 1 is 0.700 bits per heavy atom. The van der Waals surface area contributed by atoms with Crippen LogP contribution < -0.4 is 32.3 Å². The molecule has 2 saturated heterocycles. The first-order chi connectivity index (χ1) is 42.5. The highest BCUT2D eigenvalue weighted by atomic mass is 16.5. The highest BCUT2D eigenvalue weighted by Gasteiger charge is 2.44. The van der Waals surface area contributed by atoms with Crippen LogP contribution in [-0.4, -0.2) is 235 Å². The Bertz CT molecular complexity index is 2620. The number of rotatable bonds is 35. The standard InChI is InChI=1S/C64H104N12O14/c1-15-41(8)56(47(89-13)37-52(81)75-30-20-24-46(75)58(90-14)42(9)59(83)67-43(10)57(82)44-21-17-16-18-22-44)72(12)63(87)54(39(4)5)70-61(85)55(40(6)7)71(11)62(86)45(23-19-29-66-64(65)88)68-60(84)53(38(2)3)69-48(77)27-31-73-33-35-74(36-34-73)49(78)28-32-76-50(79)25-26-51(76)80/h16-18,21-22,25-26,38-43,45-47,53-58,82H,15,19-20,23-24,27-37H2,1-14H3,(H,67,83)(H,68,84)(H,69,77)(H,70,85)(H3,65,66,88)/t41-,42+,43+,45-,46+,47+,53-,54-,55-,56-,57+,58+/m0/s1. The molecule has 0 saturated carbocycles. The molecule has 12 atom stereocenters. The van der Waals surface area contributed by atoms with Crippen LogP contribution in [0, 0.1) is 29.6 Å². The van der Waals surface area contributed by atoms with Gasteiger partial charge in [-0.2, -0.15) is 0 Å². The van der Waals surface area contributed by atoms with Crippen molar-refractivity contribution in [3.63, 3.8) is 0 Å². The Morgan fingerprint density at radius 3 is 1.88 bits per heavy atom. The lowest BCUT2D eigenvalue weighted by molar-refractivity contribution is -0.149. The minimum Gasteiger partial charge on any atom is -0.386 e. The molecule has 26 nitrogen and oxygen atoms in total. The van der Waals surface area contributed by atoms with Gasteiger partial charge in [-0.3, -0.25) is 57.7 Å². The number of piperazine rings is 1. The van der Waals surface area contributed by atoms with E-state index >= 15 is 0 Å². The van der Waals surface area contributed by atoms with Gasteiger partial charge in [0.05, 0.1) is 48.8 Å². The van der Waals surface area contributed by atoms with Crippen LogP contribution in [0.1, 0.15) is 132 Å². The molecule has 3 aliphatic heterocycles. The molecule has 0 bridgehead atoms. The molecule has 26 heteroatoms. The van der Waals surface area contributed by atoms with E-state index in [0.29, 0.717) is 64.1 Å². The Hall–Kier alpha value is -7.03. The molecule has 0 unspecified atom stereocenters. The summed E-state index contributed by atoms with van der Waals surface area (Å²) in [7, 11) is 6.06. The van der Waals surface area contributed by atoms with Crippen LogP contribution in [0.2, 0.25) is 0 Å². The van der Waals surface area contributed by atoms with Gasteiger partial charge < -0.3 is 66.5 Å². The molecule has 4 rings (SSSR count). The molecule has 8 N–H and O–H groups in total. The van der Waals surface area contributed by atoms with Gasteiger partial charge in [0, 0.05) is 106 Å². The van der Waals surface area contributed by atoms with E-state index in [9.17, 15) is 57.8 Å². The number of methoxy groups -OCH3 is 2. The number of imide groups is 1. The summed E-state index contributed by atoms with van der Waals surface area (Å²) in [5.41, 5.74) is 5.99. The smallest absolute Gasteiger partial charge is 0.312 e. The number of nitrogens with zero attached hydrogens (tertiary/aromatic N) is 6. The molecule has 504 valence electrons. The summed E-state index contributed by atoms with van der Waals surface area (Å²) < 4.78 is 12.1. The second kappa shape index (κ2) is 36.1. The van der Waals surface area contributed by atoms with E-state index in [4.69, 9.17) is 15.2 Å². The first-order valence-electron chi connectivity index (χ1n) is 31.9. The number of likely N-dealkylation sites (N-methyl/N-ethyl adjacent to an activating group) is 2. The minimum atomic E-state index is -1.25. The third-order valence-corrected chi connectivity index (χ3v) is 17.8. The summed E-state index contributed by atoms with van der Waals surface area (Å²) >= 11 is 0. The number of urea groups is 1. The molecule has 3 aliphatic rings. The number of amides is 12. The molecule has 1 aromatic rings. The number of aliphatic hydroxyl groups excluding tert-OH is 1. The topological polar surface area (TPSA) is 332 Å². The average Bonchev–Trinajstić information content (AvgIpc) is 1.57. The summed E-state index contributed by atoms with van der Waals surface area (Å²) in [5, 5.41) is 25.0. The van der Waals surface area contributed by atoms with E-state index in [2.05, 4.69) is 26.6 Å². The summed E-state index contributed by atoms with van der Waals surface area (Å²) in [4.78, 5) is 158. The van der Waals surface area contributed by atoms with Gasteiger partial charge in [0.2, 0.25) is 47.3 Å². The maximum atomic E-state index is 15.0. The number of aliphatic hydroxyl groups is 1. The Labute approximate surface area is 531 Å². The highest BCUT2D eigenvalue weighted by Crippen LogP contribution is 2.30. The highest BCUT2D eigenvalue weighted by molar-refractivity contribution is 6.13. The van der Waals surface area contributed by atoms with E-state index in [1.165, 1.54) is 43.2 Å². The summed E-state index contributed by atoms with van der Waals surface area (Å²) in [6, 6.07) is 1.92. The van der Waals surface area contributed by atoms with E-state index in [1.54, 1.807) is 84.4 Å². The number of carbonyl (C=O) groups is 11. The molecule has 12 amide bonds. The van der Waals surface area contributed by atoms with Crippen LogP contribution in [0.15, 0.2) is 42.5 Å². The fourth-order valence-corrected chi connectivity index (χ4v) is 12.3. The third-order valence-electron chi connectivity index (χ3n) is 17.8. The molecular formula is C64H104N12O14. The zero-order chi connectivity index (χ0) is 67.3. The first kappa shape index (κ1) is 75.4. The van der Waals surface area contributed by atoms with Gasteiger partial charge in [0.15, 0.2) is 0 Å². The number of nitrogens with one attached hydrogen (secondary N) is 5. The number of ether oxygens (including phenoxy) is 2. The first-order valence-corrected chi connectivity index (χ1v) is 31.9. The van der Waals surface area contributed by atoms with Crippen LogP contribution in [0.25, 0.3) is 0 Å². The lowest BCUT2D eigenvalue weighted by atomic mass is 9.89. The Balaban J connectivity index is 1.44. The van der Waals surface area contributed by atoms with Crippen molar-refractivity contribution in [2.75, 3.05) is 80.7 Å². The summed E-state index contributed by atoms with van der Waals surface area (Å²) in [6.45, 7) is 20.5. The van der Waals surface area contributed by atoms with Crippen molar-refractivity contribution in [1.29, 1.82) is 0 Å². The molecule has 0 aliphatic carbocycles. The zero-order valence-corrected chi connectivity index (χ0v) is 55.5. The second-order valence-corrected chi connectivity index (χ2v) is 25.3. The molecule has 90 heavy (non-hydrogen) atoms. The molecule has 2 fully saturated rings. The predicted octanol–water partition coefficient (Wildman–Crippen LogP) is 1.69. The lowest BCUT2D eigenvalue weighted by Gasteiger charge is -2.41. The quantitative estimate of drug-likeness (QED) is 0.0376. The van der Waals surface area contributed by atoms with Gasteiger partial charge in [-0.05, 0) is 61.8 Å². The number of likely N-dealkylation sites (tertiary alicyclic amines) is 1. The maximum Gasteiger partial charge on any atom is 0.312 e. The molecular weight excluding hydrogens is 1160 g/mol. The fourth-order valence-electron chi connectivity index (χ4n) is 12.3. The van der Waals surface area contributed by atoms with Gasteiger partial charge in [-0.1, -0.05) is 99.1 Å². The van der Waals surface area contributed by atoms with Gasteiger partial charge in [-0.25, -0.2) is 4.79 Å². The Morgan fingerprint density at radius 2 is 1.32 bits per heavy atom. The second-order valence-electron chi connectivity index (χ2n) is 25.3. The molecule has 1 aromatic carbocycles. The van der Waals surface area contributed by atoms with E-state index < -0.39 is 132 Å². The summed E-state index contributed by atoms with van der Waals surface area (Å²) in [6.07, 6.45) is 1.86. The number of nitrogens with two attached hydrogens (primary N) is 1. The molecule has 0 spiro atoms. The van der Waals surface area contributed by atoms with Crippen LogP contribution in [-0.2, 0) is 57.4 Å². The van der Waals surface area contributed by atoms with Crippen molar-refractivity contribution >= 4 is 65.1 Å². The van der Waals surface area contributed by atoms with Crippen molar-refractivity contribution in [3.05, 3.63) is 48.0 Å². The van der Waals surface area contributed by atoms with E-state index in [0.717, 1.165) is 4.90 Å². The number of hydrogen-bond donors (Lipinski definition) is 7. The monoisotopic (exact) mass is 1260 g/mol. The normalized spacial score (nSPS) is 19.0. The number of hydrogen-bond acceptors (Lipinski definition) is 15. The predicted molar refractivity (Wildman–Crippen MR) is 337 cm³/mol. The molecule has 3 heterocycles. The van der Waals surface area contributed by atoms with Crippen molar-refractivity contribution in [2.24, 2.45) is 35.3 Å². The van der Waals surface area contributed by atoms with Crippen molar-refractivity contribution in [3.8, 4) is 0 Å². The van der Waals surface area contributed by atoms with Crippen LogP contribution >= 0.6 is 0 Å². The van der Waals surface area contributed by atoms with Crippen molar-refractivity contribution in [2.45, 2.75) is 181 Å². The molecule has 0 radical (unpaired) electrons. The van der Waals surface area contributed by atoms with Crippen LogP contribution in [0.3, 0.4) is 0 Å². The van der Waals surface area contributed by atoms with Crippen LogP contribution in [0.4, 0.5) is 4.79 Å². The van der Waals surface area contributed by atoms with Crippen molar-refractivity contribution < 1.29 is 67.3 Å². The lowest BCUT2D eigenvalue weighted by Crippen LogP contribution is -2.62. The number of benzene rings is 1. The van der Waals surface area contributed by atoms with Gasteiger partial charge in [0.1, 0.15) is 24.2 Å². The largest absolute Gasteiger partial charge is 0.386 e. The van der Waals surface area contributed by atoms with E-state index in [1.807, 2.05) is 36.9 Å². The van der Waals surface area contributed by atoms with Gasteiger partial charge in [-0.15, -0.1) is 0 Å². The van der Waals surface area contributed by atoms with Crippen LogP contribution in [0.5, 0.6) is 0 Å². The number of primary amides is 1. The van der Waals surface area contributed by atoms with Crippen molar-refractivity contribution in [1.82, 2.24) is 56.0 Å². The zero-order valence-electron chi connectivity index (χ0n) is 55.5. The fraction of sp³-hybridized carbons (Fsp3) is 0.703. The number of carbonyl (C=O) groups excluding carboxylic acids is 11. The van der Waals surface area contributed by atoms with Gasteiger partial charge >= 0.3 is 6.03 Å². The van der Waals surface area contributed by atoms with Gasteiger partial charge in [0.25, 0.3) is 11.8 Å². The average molecular weight is 1270 g/mol. The van der Waals surface area contributed by atoms with E-state index in [-0.39, 0.29) is 68.8 Å².